The fourth-order valence-electron chi connectivity index (χ4n) is 2.82. The predicted molar refractivity (Wildman–Crippen MR) is 111 cm³/mol. The van der Waals surface area contributed by atoms with Crippen LogP contribution in [0.2, 0.25) is 0 Å². The van der Waals surface area contributed by atoms with Gasteiger partial charge in [0.05, 0.1) is 31.0 Å². The minimum atomic E-state index is -0.664. The van der Waals surface area contributed by atoms with Crippen LogP contribution in [0.15, 0.2) is 48.2 Å². The molecule has 164 valence electrons. The van der Waals surface area contributed by atoms with Crippen LogP contribution in [0.25, 0.3) is 0 Å². The van der Waals surface area contributed by atoms with Gasteiger partial charge >= 0.3 is 11.9 Å². The molecule has 1 aliphatic rings. The fourth-order valence-corrected chi connectivity index (χ4v) is 2.82. The number of carbonyl (C=O) groups is 3. The molecule has 0 aliphatic carbocycles. The Bertz CT molecular complexity index is 1130. The molecule has 2 aromatic rings. The van der Waals surface area contributed by atoms with E-state index < -0.39 is 17.8 Å². The Morgan fingerprint density at radius 2 is 1.81 bits per heavy atom. The molecule has 0 bridgehead atoms. The molecule has 1 amide bonds. The van der Waals surface area contributed by atoms with Gasteiger partial charge in [0.2, 0.25) is 6.79 Å². The Hall–Kier alpha value is -4.52. The zero-order valence-electron chi connectivity index (χ0n) is 17.3. The molecule has 0 aromatic heterocycles. The molecule has 0 fully saturated rings. The average molecular weight is 437 g/mol. The highest BCUT2D eigenvalue weighted by Gasteiger charge is 2.17. The molecular formula is C22H19N3O7. The van der Waals surface area contributed by atoms with Gasteiger partial charge in [-0.1, -0.05) is 6.07 Å². The topological polar surface area (TPSA) is 136 Å². The molecule has 0 radical (unpaired) electrons. The van der Waals surface area contributed by atoms with Crippen LogP contribution in [0.3, 0.4) is 0 Å². The number of methoxy groups -OCH3 is 2. The predicted octanol–water partition coefficient (Wildman–Crippen LogP) is 2.12. The lowest BCUT2D eigenvalue weighted by atomic mass is 10.1. The second-order valence-electron chi connectivity index (χ2n) is 6.43. The van der Waals surface area contributed by atoms with Crippen LogP contribution >= 0.6 is 0 Å². The van der Waals surface area contributed by atoms with Gasteiger partial charge in [-0.25, -0.2) is 9.59 Å². The highest BCUT2D eigenvalue weighted by atomic mass is 16.7. The van der Waals surface area contributed by atoms with Gasteiger partial charge in [0.1, 0.15) is 11.6 Å². The van der Waals surface area contributed by atoms with Crippen molar-refractivity contribution in [3.63, 3.8) is 0 Å². The van der Waals surface area contributed by atoms with E-state index in [2.05, 4.69) is 15.4 Å². The van der Waals surface area contributed by atoms with E-state index in [9.17, 15) is 19.6 Å². The molecule has 10 nitrogen and oxygen atoms in total. The maximum atomic E-state index is 12.4. The monoisotopic (exact) mass is 437 g/mol. The molecule has 10 heteroatoms. The van der Waals surface area contributed by atoms with Crippen molar-refractivity contribution in [1.82, 2.24) is 5.32 Å². The molecule has 0 spiro atoms. The standard InChI is InChI=1S/C22H19N3O7/c1-29-21(27)14-4-5-16(22(28)30-2)17(8-14)24-11-15(9-23)20(26)25-10-13-3-6-18-19(7-13)32-12-31-18/h3-8,11,24H,10,12H2,1-2H3,(H,25,26)/b15-11-. The number of nitrogens with one attached hydrogen (secondary N) is 2. The third-order valence-corrected chi connectivity index (χ3v) is 4.47. The number of nitriles is 1. The van der Waals surface area contributed by atoms with Gasteiger partial charge in [-0.05, 0) is 35.9 Å². The van der Waals surface area contributed by atoms with Crippen molar-refractivity contribution in [3.05, 3.63) is 64.9 Å². The van der Waals surface area contributed by atoms with E-state index in [1.807, 2.05) is 0 Å². The maximum Gasteiger partial charge on any atom is 0.339 e. The molecule has 2 aromatic carbocycles. The third-order valence-electron chi connectivity index (χ3n) is 4.47. The normalized spacial score (nSPS) is 11.8. The van der Waals surface area contributed by atoms with Crippen molar-refractivity contribution in [3.8, 4) is 17.6 Å². The Morgan fingerprint density at radius 3 is 2.53 bits per heavy atom. The van der Waals surface area contributed by atoms with E-state index in [4.69, 9.17) is 14.2 Å². The number of hydrogen-bond donors (Lipinski definition) is 2. The quantitative estimate of drug-likeness (QED) is 0.379. The van der Waals surface area contributed by atoms with Crippen molar-refractivity contribution in [2.45, 2.75) is 6.54 Å². The summed E-state index contributed by atoms with van der Waals surface area (Å²) in [7, 11) is 2.43. The van der Waals surface area contributed by atoms with Gasteiger partial charge < -0.3 is 29.6 Å². The number of hydrogen-bond acceptors (Lipinski definition) is 9. The highest BCUT2D eigenvalue weighted by molar-refractivity contribution is 6.00. The molecule has 0 saturated heterocycles. The van der Waals surface area contributed by atoms with Crippen molar-refractivity contribution < 1.29 is 33.3 Å². The van der Waals surface area contributed by atoms with E-state index >= 15 is 0 Å². The van der Waals surface area contributed by atoms with Crippen LogP contribution in [0.4, 0.5) is 5.69 Å². The van der Waals surface area contributed by atoms with Crippen molar-refractivity contribution in [2.24, 2.45) is 0 Å². The second-order valence-corrected chi connectivity index (χ2v) is 6.43. The van der Waals surface area contributed by atoms with E-state index in [0.717, 1.165) is 11.8 Å². The number of rotatable bonds is 7. The lowest BCUT2D eigenvalue weighted by Gasteiger charge is -2.10. The van der Waals surface area contributed by atoms with Crippen LogP contribution in [0.5, 0.6) is 11.5 Å². The van der Waals surface area contributed by atoms with E-state index in [1.54, 1.807) is 24.3 Å². The van der Waals surface area contributed by atoms with Gasteiger partial charge in [0, 0.05) is 12.7 Å². The smallest absolute Gasteiger partial charge is 0.339 e. The number of benzene rings is 2. The Kier molecular flexibility index (Phi) is 6.92. The summed E-state index contributed by atoms with van der Waals surface area (Å²) in [5.74, 6) is -0.715. The number of ether oxygens (including phenoxy) is 4. The van der Waals surface area contributed by atoms with Crippen molar-refractivity contribution in [2.75, 3.05) is 26.3 Å². The number of fused-ring (bicyclic) bond motifs is 1. The number of anilines is 1. The summed E-state index contributed by atoms with van der Waals surface area (Å²) >= 11 is 0. The van der Waals surface area contributed by atoms with Gasteiger partial charge in [0.15, 0.2) is 11.5 Å². The fraction of sp³-hybridized carbons (Fsp3) is 0.182. The molecule has 2 N–H and O–H groups in total. The number of amides is 1. The summed E-state index contributed by atoms with van der Waals surface area (Å²) in [6.45, 7) is 0.294. The van der Waals surface area contributed by atoms with Crippen LogP contribution < -0.4 is 20.1 Å². The first-order valence-corrected chi connectivity index (χ1v) is 9.31. The summed E-state index contributed by atoms with van der Waals surface area (Å²) in [6, 6.07) is 11.2. The third kappa shape index (κ3) is 4.96. The number of esters is 2. The lowest BCUT2D eigenvalue weighted by Crippen LogP contribution is -2.24. The first-order valence-electron chi connectivity index (χ1n) is 9.31. The van der Waals surface area contributed by atoms with E-state index in [-0.39, 0.29) is 35.7 Å². The number of carbonyl (C=O) groups excluding carboxylic acids is 3. The minimum Gasteiger partial charge on any atom is -0.465 e. The Balaban J connectivity index is 1.74. The Morgan fingerprint density at radius 1 is 1.06 bits per heavy atom. The summed E-state index contributed by atoms with van der Waals surface area (Å²) < 4.78 is 19.9. The molecular weight excluding hydrogens is 418 g/mol. The van der Waals surface area contributed by atoms with Gasteiger partial charge in [-0.2, -0.15) is 5.26 Å². The number of nitrogens with zero attached hydrogens (tertiary/aromatic N) is 1. The zero-order chi connectivity index (χ0) is 23.1. The SMILES string of the molecule is COC(=O)c1ccc(C(=O)OC)c(N/C=C(/C#N)C(=O)NCc2ccc3c(c2)OCO3)c1. The Labute approximate surface area is 183 Å². The van der Waals surface area contributed by atoms with Gasteiger partial charge in [-0.3, -0.25) is 4.79 Å². The van der Waals surface area contributed by atoms with Gasteiger partial charge in [0.25, 0.3) is 5.91 Å². The molecule has 32 heavy (non-hydrogen) atoms. The first kappa shape index (κ1) is 22.2. The molecule has 0 atom stereocenters. The maximum absolute atomic E-state index is 12.4. The van der Waals surface area contributed by atoms with E-state index in [1.165, 1.54) is 32.4 Å². The zero-order valence-corrected chi connectivity index (χ0v) is 17.3. The summed E-state index contributed by atoms with van der Waals surface area (Å²) in [4.78, 5) is 36.2. The highest BCUT2D eigenvalue weighted by Crippen LogP contribution is 2.32. The van der Waals surface area contributed by atoms with Crippen LogP contribution in [0, 0.1) is 11.3 Å². The molecule has 0 saturated carbocycles. The van der Waals surface area contributed by atoms with Crippen LogP contribution in [-0.2, 0) is 20.8 Å². The largest absolute Gasteiger partial charge is 0.465 e. The van der Waals surface area contributed by atoms with Crippen LogP contribution in [0.1, 0.15) is 26.3 Å². The molecule has 1 aliphatic heterocycles. The van der Waals surface area contributed by atoms with Crippen LogP contribution in [-0.4, -0.2) is 38.9 Å². The van der Waals surface area contributed by atoms with Crippen molar-refractivity contribution in [1.29, 1.82) is 5.26 Å². The molecule has 0 unspecified atom stereocenters. The molecule has 1 heterocycles. The van der Waals surface area contributed by atoms with Crippen molar-refractivity contribution >= 4 is 23.5 Å². The van der Waals surface area contributed by atoms with E-state index in [0.29, 0.717) is 11.5 Å². The first-order chi connectivity index (χ1) is 15.5. The summed E-state index contributed by atoms with van der Waals surface area (Å²) in [6.07, 6.45) is 1.14. The van der Waals surface area contributed by atoms with Gasteiger partial charge in [-0.15, -0.1) is 0 Å². The second kappa shape index (κ2) is 9.99. The average Bonchev–Trinajstić information content (AvgIpc) is 3.29. The minimum absolute atomic E-state index is 0.106. The summed E-state index contributed by atoms with van der Waals surface area (Å²) in [5, 5.41) is 14.7. The lowest BCUT2D eigenvalue weighted by molar-refractivity contribution is -0.117. The summed E-state index contributed by atoms with van der Waals surface area (Å²) in [5.41, 5.74) is 0.948. The molecule has 3 rings (SSSR count).